The van der Waals surface area contributed by atoms with Crippen LogP contribution < -0.4 is 25.1 Å². The van der Waals surface area contributed by atoms with Crippen molar-refractivity contribution in [2.24, 2.45) is 23.7 Å². The molecule has 83 heavy (non-hydrogen) atoms. The molecular weight excluding hydrogens is 1070 g/mol. The van der Waals surface area contributed by atoms with Crippen LogP contribution in [-0.2, 0) is 35.1 Å². The third-order valence-electron chi connectivity index (χ3n) is 16.8. The van der Waals surface area contributed by atoms with Crippen LogP contribution in [0.2, 0.25) is 0 Å². The van der Waals surface area contributed by atoms with E-state index in [1.54, 1.807) is 51.3 Å². The van der Waals surface area contributed by atoms with Crippen LogP contribution in [0, 0.1) is 47.6 Å². The van der Waals surface area contributed by atoms with Gasteiger partial charge in [0.15, 0.2) is 22.3 Å². The van der Waals surface area contributed by atoms with E-state index in [4.69, 9.17) is 37.8 Å². The Bertz CT molecular complexity index is 3470. The van der Waals surface area contributed by atoms with E-state index in [0.717, 1.165) is 69.7 Å². The number of hydrogen-bond acceptors (Lipinski definition) is 20. The van der Waals surface area contributed by atoms with Crippen molar-refractivity contribution in [1.82, 2.24) is 19.4 Å². The van der Waals surface area contributed by atoms with Gasteiger partial charge in [-0.15, -0.1) is 0 Å². The summed E-state index contributed by atoms with van der Waals surface area (Å²) >= 11 is 0. The summed E-state index contributed by atoms with van der Waals surface area (Å²) in [6.45, 7) is 19.9. The Kier molecular flexibility index (Phi) is 18.0. The first-order valence-corrected chi connectivity index (χ1v) is 28.4. The van der Waals surface area contributed by atoms with Crippen LogP contribution >= 0.6 is 0 Å². The maximum absolute atomic E-state index is 15.0. The summed E-state index contributed by atoms with van der Waals surface area (Å²) in [6.07, 6.45) is 8.69. The fraction of sp³-hybridized carbons (Fsp3) is 0.533. The number of carbonyl (C=O) groups is 3. The number of phenols is 1. The second kappa shape index (κ2) is 24.8. The summed E-state index contributed by atoms with van der Waals surface area (Å²) in [5, 5.41) is 49.1. The van der Waals surface area contributed by atoms with Crippen molar-refractivity contribution in [2.75, 3.05) is 63.3 Å². The number of esters is 1. The quantitative estimate of drug-likeness (QED) is 0.0178. The number of rotatable bonds is 12. The van der Waals surface area contributed by atoms with Crippen molar-refractivity contribution in [3.8, 4) is 17.5 Å². The number of aryl methyl sites for hydroxylation is 1. The molecule has 0 saturated carbocycles. The van der Waals surface area contributed by atoms with Crippen molar-refractivity contribution in [1.29, 1.82) is 0 Å². The fourth-order valence-electron chi connectivity index (χ4n) is 11.8. The number of nitro groups is 1. The summed E-state index contributed by atoms with van der Waals surface area (Å²) in [5.74, 6) is -7.60. The molecule has 23 nitrogen and oxygen atoms in total. The van der Waals surface area contributed by atoms with E-state index in [0.29, 0.717) is 30.9 Å². The second-order valence-electron chi connectivity index (χ2n) is 22.7. The molecule has 3 aromatic carbocycles. The lowest BCUT2D eigenvalue weighted by molar-refractivity contribution is -0.389. The van der Waals surface area contributed by atoms with Crippen LogP contribution in [0.25, 0.3) is 33.0 Å². The summed E-state index contributed by atoms with van der Waals surface area (Å²) in [5.41, 5.74) is 1.32. The highest BCUT2D eigenvalue weighted by atomic mass is 16.7. The highest BCUT2D eigenvalue weighted by Gasteiger charge is 2.50. The predicted molar refractivity (Wildman–Crippen MR) is 308 cm³/mol. The zero-order valence-electron chi connectivity index (χ0n) is 48.6. The van der Waals surface area contributed by atoms with Gasteiger partial charge in [0.1, 0.15) is 47.5 Å². The van der Waals surface area contributed by atoms with E-state index >= 15 is 0 Å². The van der Waals surface area contributed by atoms with Crippen molar-refractivity contribution >= 4 is 67.8 Å². The molecule has 0 aliphatic carbocycles. The number of fused-ring (bicyclic) bond motifs is 3. The van der Waals surface area contributed by atoms with Crippen LogP contribution in [0.3, 0.4) is 0 Å². The molecule has 2 aromatic heterocycles. The largest absolute Gasteiger partial charge is 0.505 e. The molecule has 1 fully saturated rings. The number of ether oxygens (including phenoxy) is 6. The number of anilines is 2. The van der Waals surface area contributed by atoms with Crippen LogP contribution in [0.5, 0.6) is 17.5 Å². The van der Waals surface area contributed by atoms with Gasteiger partial charge in [-0.3, -0.25) is 28.6 Å². The number of piperazine rings is 1. The molecule has 5 aromatic rings. The highest BCUT2D eigenvalue weighted by molar-refractivity contribution is 6.26. The van der Waals surface area contributed by atoms with Crippen molar-refractivity contribution in [2.45, 2.75) is 131 Å². The molecule has 4 aliphatic heterocycles. The van der Waals surface area contributed by atoms with Crippen LogP contribution in [0.15, 0.2) is 63.7 Å². The number of nitrogens with zero attached hydrogens (tertiary/aromatic N) is 6. The number of hydrogen-bond donors (Lipinski definition) is 4. The van der Waals surface area contributed by atoms with Crippen molar-refractivity contribution in [3.05, 3.63) is 91.5 Å². The van der Waals surface area contributed by atoms with Gasteiger partial charge in [-0.1, -0.05) is 58.8 Å². The van der Waals surface area contributed by atoms with Gasteiger partial charge in [0, 0.05) is 111 Å². The van der Waals surface area contributed by atoms with Gasteiger partial charge in [-0.25, -0.2) is 4.98 Å². The second-order valence-corrected chi connectivity index (χ2v) is 22.7. The average molecular weight is 1150 g/mol. The van der Waals surface area contributed by atoms with E-state index in [2.05, 4.69) is 20.1 Å². The van der Waals surface area contributed by atoms with E-state index in [1.807, 2.05) is 19.1 Å². The van der Waals surface area contributed by atoms with E-state index in [1.165, 1.54) is 52.5 Å². The van der Waals surface area contributed by atoms with Crippen LogP contribution in [0.1, 0.15) is 95.6 Å². The van der Waals surface area contributed by atoms with Crippen LogP contribution in [0.4, 0.5) is 17.2 Å². The maximum Gasteiger partial charge on any atom is 0.414 e. The zero-order valence-corrected chi connectivity index (χ0v) is 48.6. The van der Waals surface area contributed by atoms with E-state index in [9.17, 15) is 44.6 Å². The molecule has 9 rings (SSSR count). The number of aliphatic hydroxyl groups excluding tert-OH is 2. The summed E-state index contributed by atoms with van der Waals surface area (Å²) in [6, 6.07) is 4.10. The number of aliphatic hydroxyl groups is 2. The highest BCUT2D eigenvalue weighted by Crippen LogP contribution is 2.49. The van der Waals surface area contributed by atoms with E-state index < -0.39 is 87.6 Å². The fourth-order valence-corrected chi connectivity index (χ4v) is 11.8. The standard InChI is InChI=1S/C60H75N7O16/c1-31-16-15-17-32(2)58(74)63-49-53(72)45-44(46-55(37(7)52(45)71)83-60(9,57(46)73)80-25-18-41(77-10)34(4)54(81-38(8)68)36(6)51(70)35(5)50(31)69)48-56(49)82-42-27-39(26-33(3)47(42)62-48)65-22-20-64(21-23-65)19-13-11-12-14-24-78-40-28-66-29-43(67(75)76)61-59(66)79-30-40/h15-18,25-27,29,31,34-36,40-41,50-51,54,69-70,72H,11-14,19-24,28,30H2,1-10H3,(H,63,74)/b16-15+,25-18+,32-17-/t31-,34+,35+,36+,40-,41-,50-,51+,54+,60-/m0/s1. The first-order chi connectivity index (χ1) is 39.5. The lowest BCUT2D eigenvalue weighted by Crippen LogP contribution is -2.46. The smallest absolute Gasteiger partial charge is 0.414 e. The topological polar surface area (TPSA) is 290 Å². The Balaban J connectivity index is 0.992. The number of aromatic hydroxyl groups is 1. The summed E-state index contributed by atoms with van der Waals surface area (Å²) in [4.78, 5) is 80.6. The Morgan fingerprint density at radius 3 is 2.39 bits per heavy atom. The lowest BCUT2D eigenvalue weighted by atomic mass is 9.78. The molecule has 0 radical (unpaired) electrons. The van der Waals surface area contributed by atoms with E-state index in [-0.39, 0.29) is 67.9 Å². The number of phenolic OH excluding ortho intramolecular Hbond substituents is 1. The predicted octanol–water partition coefficient (Wildman–Crippen LogP) is 7.57. The van der Waals surface area contributed by atoms with Gasteiger partial charge in [-0.2, -0.15) is 0 Å². The number of carbonyl (C=O) groups excluding carboxylic acids is 3. The minimum atomic E-state index is -2.07. The number of methoxy groups -OCH3 is 1. The van der Waals surface area contributed by atoms with Gasteiger partial charge in [-0.05, 0) is 62.8 Å². The molecule has 10 atom stereocenters. The van der Waals surface area contributed by atoms with Gasteiger partial charge in [0.2, 0.25) is 0 Å². The number of nitrogens with one attached hydrogen (secondary N) is 1. The Morgan fingerprint density at radius 1 is 0.940 bits per heavy atom. The molecule has 1 saturated heterocycles. The molecule has 4 aliphatic rings. The number of aromatic nitrogens is 3. The number of imidazole rings is 1. The lowest BCUT2D eigenvalue weighted by Gasteiger charge is -2.38. The molecule has 1 amide bonds. The van der Waals surface area contributed by atoms with Crippen molar-refractivity contribution in [3.63, 3.8) is 0 Å². The number of ketones is 1. The SMILES string of the molecule is CO[C@H]1/C=C/O[C@@]2(C)Oc3c(C)c(=O)c4c(O)c(c5oc6cc(N7CCN(CCCCCCO[C@@H]8COc9nc([N+](=O)[O-])cn9C8)CC7)cc(C)c6nc5c4c3C2=O)NC(=O)/C(C)=C\C=C\[C@H](C)[C@H](O)[C@@H](C)[C@@H](O)[C@@H](C)[C@H](OC(C)=O)[C@@H]1C. The number of benzene rings is 3. The van der Waals surface area contributed by atoms with Gasteiger partial charge in [0.25, 0.3) is 11.7 Å². The molecule has 446 valence electrons. The van der Waals surface area contributed by atoms with Crippen LogP contribution in [-0.4, -0.2) is 147 Å². The third kappa shape index (κ3) is 12.2. The zero-order chi connectivity index (χ0) is 59.8. The molecule has 4 N–H and O–H groups in total. The van der Waals surface area contributed by atoms with Gasteiger partial charge < -0.3 is 68.5 Å². The normalized spacial score (nSPS) is 27.8. The molecule has 0 unspecified atom stereocenters. The minimum Gasteiger partial charge on any atom is -0.505 e. The third-order valence-corrected chi connectivity index (χ3v) is 16.8. The molecule has 23 heteroatoms. The number of allylic oxidation sites excluding steroid dienone is 2. The monoisotopic (exact) mass is 1150 g/mol. The maximum atomic E-state index is 15.0. The number of unbranched alkanes of at least 4 members (excludes halogenated alkanes) is 3. The number of Topliss-reactive ketones (excluding diaryl/α,β-unsaturated/α-hetero) is 1. The van der Waals surface area contributed by atoms with Gasteiger partial charge in [0.05, 0.1) is 42.1 Å². The molecule has 6 heterocycles. The average Bonchev–Trinajstić information content (AvgIpc) is 1.90. The Hall–Kier alpha value is -7.44. The van der Waals surface area contributed by atoms with Crippen molar-refractivity contribution < 1.29 is 67.5 Å². The molecular formula is C60H75N7O16. The minimum absolute atomic E-state index is 0.000663. The summed E-state index contributed by atoms with van der Waals surface area (Å²) in [7, 11) is 1.45. The first-order valence-electron chi connectivity index (χ1n) is 28.4. The first kappa shape index (κ1) is 60.2. The molecule has 0 spiro atoms. The summed E-state index contributed by atoms with van der Waals surface area (Å²) < 4.78 is 44.1. The molecule has 4 bridgehead atoms. The Morgan fingerprint density at radius 2 is 1.67 bits per heavy atom. The number of amides is 1. The van der Waals surface area contributed by atoms with Gasteiger partial charge >= 0.3 is 23.6 Å². The Labute approximate surface area is 479 Å².